The van der Waals surface area contributed by atoms with Gasteiger partial charge in [0.15, 0.2) is 5.96 Å². The first-order valence-corrected chi connectivity index (χ1v) is 8.25. The zero-order chi connectivity index (χ0) is 15.2. The summed E-state index contributed by atoms with van der Waals surface area (Å²) in [7, 11) is 0. The number of nitrogens with zero attached hydrogens (tertiary/aromatic N) is 3. The third-order valence-electron chi connectivity index (χ3n) is 4.45. The number of hydrogen-bond donors (Lipinski definition) is 1. The third kappa shape index (κ3) is 3.99. The molecule has 0 saturated carbocycles. The molecule has 2 N–H and O–H groups in total. The van der Waals surface area contributed by atoms with Crippen LogP contribution in [0.1, 0.15) is 17.5 Å². The van der Waals surface area contributed by atoms with E-state index < -0.39 is 0 Å². The summed E-state index contributed by atoms with van der Waals surface area (Å²) in [4.78, 5) is 9.14. The SMILES string of the molecule is NC(=NCCCN1CCc2ccccc2C1)N1CCOCC1. The lowest BCUT2D eigenvalue weighted by atomic mass is 10.00. The molecule has 1 fully saturated rings. The number of ether oxygens (including phenoxy) is 1. The highest BCUT2D eigenvalue weighted by molar-refractivity contribution is 5.78. The van der Waals surface area contributed by atoms with Gasteiger partial charge in [-0.05, 0) is 24.0 Å². The van der Waals surface area contributed by atoms with E-state index in [1.165, 1.54) is 11.1 Å². The first-order chi connectivity index (χ1) is 10.8. The van der Waals surface area contributed by atoms with Gasteiger partial charge in [0.25, 0.3) is 0 Å². The topological polar surface area (TPSA) is 54.1 Å². The van der Waals surface area contributed by atoms with Gasteiger partial charge in [0, 0.05) is 39.3 Å². The molecule has 0 spiro atoms. The Morgan fingerprint density at radius 1 is 1.14 bits per heavy atom. The van der Waals surface area contributed by atoms with E-state index in [9.17, 15) is 0 Å². The van der Waals surface area contributed by atoms with Gasteiger partial charge >= 0.3 is 0 Å². The minimum atomic E-state index is 0.673. The average molecular weight is 302 g/mol. The van der Waals surface area contributed by atoms with Crippen LogP contribution in [0.4, 0.5) is 0 Å². The Hall–Kier alpha value is -1.59. The molecule has 0 aliphatic carbocycles. The second-order valence-corrected chi connectivity index (χ2v) is 5.99. The van der Waals surface area contributed by atoms with Crippen LogP contribution in [-0.2, 0) is 17.7 Å². The Kier molecular flexibility index (Phi) is 5.29. The molecule has 120 valence electrons. The molecule has 0 aromatic heterocycles. The van der Waals surface area contributed by atoms with E-state index in [0.717, 1.165) is 65.3 Å². The van der Waals surface area contributed by atoms with Crippen LogP contribution in [0.25, 0.3) is 0 Å². The van der Waals surface area contributed by atoms with Crippen molar-refractivity contribution in [1.82, 2.24) is 9.80 Å². The molecule has 0 radical (unpaired) electrons. The Balaban J connectivity index is 1.40. The second kappa shape index (κ2) is 7.61. The lowest BCUT2D eigenvalue weighted by Gasteiger charge is -2.29. The molecule has 1 aromatic carbocycles. The molecular weight excluding hydrogens is 276 g/mol. The van der Waals surface area contributed by atoms with Gasteiger partial charge in [-0.2, -0.15) is 0 Å². The summed E-state index contributed by atoms with van der Waals surface area (Å²) in [5.41, 5.74) is 9.02. The van der Waals surface area contributed by atoms with E-state index in [-0.39, 0.29) is 0 Å². The lowest BCUT2D eigenvalue weighted by Crippen LogP contribution is -2.44. The predicted molar refractivity (Wildman–Crippen MR) is 88.9 cm³/mol. The average Bonchev–Trinajstić information content (AvgIpc) is 2.59. The predicted octanol–water partition coefficient (Wildman–Crippen LogP) is 1.08. The molecule has 5 heteroatoms. The van der Waals surface area contributed by atoms with Gasteiger partial charge in [-0.25, -0.2) is 0 Å². The minimum absolute atomic E-state index is 0.673. The molecule has 1 aromatic rings. The van der Waals surface area contributed by atoms with Crippen LogP contribution in [0, 0.1) is 0 Å². The number of guanidine groups is 1. The normalized spacial score (nSPS) is 20.0. The Morgan fingerprint density at radius 3 is 2.73 bits per heavy atom. The first-order valence-electron chi connectivity index (χ1n) is 8.25. The van der Waals surface area contributed by atoms with E-state index in [2.05, 4.69) is 39.1 Å². The first kappa shape index (κ1) is 15.3. The summed E-state index contributed by atoms with van der Waals surface area (Å²) >= 11 is 0. The van der Waals surface area contributed by atoms with Gasteiger partial charge in [-0.1, -0.05) is 24.3 Å². The fourth-order valence-electron chi connectivity index (χ4n) is 3.13. The van der Waals surface area contributed by atoms with Crippen molar-refractivity contribution in [2.45, 2.75) is 19.4 Å². The Morgan fingerprint density at radius 2 is 1.91 bits per heavy atom. The molecular formula is C17H26N4O. The van der Waals surface area contributed by atoms with E-state index >= 15 is 0 Å². The number of nitrogens with two attached hydrogens (primary N) is 1. The maximum atomic E-state index is 6.04. The van der Waals surface area contributed by atoms with Crippen LogP contribution < -0.4 is 5.73 Å². The van der Waals surface area contributed by atoms with Gasteiger partial charge < -0.3 is 15.4 Å². The summed E-state index contributed by atoms with van der Waals surface area (Å²) in [6.07, 6.45) is 2.22. The van der Waals surface area contributed by atoms with Gasteiger partial charge in [0.1, 0.15) is 0 Å². The number of morpholine rings is 1. The Labute approximate surface area is 132 Å². The van der Waals surface area contributed by atoms with Crippen LogP contribution >= 0.6 is 0 Å². The van der Waals surface area contributed by atoms with E-state index in [1.807, 2.05) is 0 Å². The molecule has 2 heterocycles. The fourth-order valence-corrected chi connectivity index (χ4v) is 3.13. The minimum Gasteiger partial charge on any atom is -0.378 e. The zero-order valence-corrected chi connectivity index (χ0v) is 13.2. The van der Waals surface area contributed by atoms with Crippen molar-refractivity contribution in [2.75, 3.05) is 45.9 Å². The zero-order valence-electron chi connectivity index (χ0n) is 13.2. The Bertz CT molecular complexity index is 511. The molecule has 0 atom stereocenters. The summed E-state index contributed by atoms with van der Waals surface area (Å²) in [6.45, 7) is 7.34. The van der Waals surface area contributed by atoms with E-state index in [4.69, 9.17) is 10.5 Å². The molecule has 0 unspecified atom stereocenters. The van der Waals surface area contributed by atoms with Crippen molar-refractivity contribution in [2.24, 2.45) is 10.7 Å². The molecule has 5 nitrogen and oxygen atoms in total. The molecule has 2 aliphatic rings. The van der Waals surface area contributed by atoms with E-state index in [1.54, 1.807) is 0 Å². The third-order valence-corrected chi connectivity index (χ3v) is 4.45. The summed E-state index contributed by atoms with van der Waals surface area (Å²) in [5.74, 6) is 0.673. The molecule has 0 amide bonds. The monoisotopic (exact) mass is 302 g/mol. The van der Waals surface area contributed by atoms with Crippen molar-refractivity contribution in [3.8, 4) is 0 Å². The quantitative estimate of drug-likeness (QED) is 0.514. The number of fused-ring (bicyclic) bond motifs is 1. The highest BCUT2D eigenvalue weighted by atomic mass is 16.5. The summed E-state index contributed by atoms with van der Waals surface area (Å²) in [5, 5.41) is 0. The van der Waals surface area contributed by atoms with Crippen molar-refractivity contribution >= 4 is 5.96 Å². The van der Waals surface area contributed by atoms with Crippen molar-refractivity contribution in [3.05, 3.63) is 35.4 Å². The maximum Gasteiger partial charge on any atom is 0.191 e. The standard InChI is InChI=1S/C17H26N4O/c18-17(21-10-12-22-13-11-21)19-7-3-8-20-9-6-15-4-1-2-5-16(15)14-20/h1-2,4-5H,3,6-14H2,(H2,18,19). The second-order valence-electron chi connectivity index (χ2n) is 5.99. The van der Waals surface area contributed by atoms with Crippen molar-refractivity contribution in [3.63, 3.8) is 0 Å². The molecule has 1 saturated heterocycles. The van der Waals surface area contributed by atoms with Crippen molar-refractivity contribution < 1.29 is 4.74 Å². The van der Waals surface area contributed by atoms with Crippen LogP contribution in [0.3, 0.4) is 0 Å². The van der Waals surface area contributed by atoms with Crippen LogP contribution in [0.5, 0.6) is 0 Å². The van der Waals surface area contributed by atoms with Gasteiger partial charge in [-0.3, -0.25) is 9.89 Å². The molecule has 0 bridgehead atoms. The largest absolute Gasteiger partial charge is 0.378 e. The van der Waals surface area contributed by atoms with E-state index in [0.29, 0.717) is 5.96 Å². The van der Waals surface area contributed by atoms with Gasteiger partial charge in [-0.15, -0.1) is 0 Å². The lowest BCUT2D eigenvalue weighted by molar-refractivity contribution is 0.0674. The number of hydrogen-bond acceptors (Lipinski definition) is 3. The van der Waals surface area contributed by atoms with Gasteiger partial charge in [0.05, 0.1) is 13.2 Å². The van der Waals surface area contributed by atoms with Crippen molar-refractivity contribution in [1.29, 1.82) is 0 Å². The highest BCUT2D eigenvalue weighted by Gasteiger charge is 2.15. The van der Waals surface area contributed by atoms with Gasteiger partial charge in [0.2, 0.25) is 0 Å². The van der Waals surface area contributed by atoms with Crippen LogP contribution in [0.2, 0.25) is 0 Å². The summed E-state index contributed by atoms with van der Waals surface area (Å²) in [6, 6.07) is 8.77. The van der Waals surface area contributed by atoms with Crippen LogP contribution in [0.15, 0.2) is 29.3 Å². The maximum absolute atomic E-state index is 6.04. The molecule has 2 aliphatic heterocycles. The number of aliphatic imine (C=N–C) groups is 1. The highest BCUT2D eigenvalue weighted by Crippen LogP contribution is 2.18. The van der Waals surface area contributed by atoms with Crippen LogP contribution in [-0.4, -0.2) is 61.7 Å². The fraction of sp³-hybridized carbons (Fsp3) is 0.588. The summed E-state index contributed by atoms with van der Waals surface area (Å²) < 4.78 is 5.32. The smallest absolute Gasteiger partial charge is 0.191 e. The number of rotatable bonds is 4. The molecule has 22 heavy (non-hydrogen) atoms. The number of benzene rings is 1. The molecule has 3 rings (SSSR count).